The molecule has 4 heteroatoms. The summed E-state index contributed by atoms with van der Waals surface area (Å²) in [7, 11) is 1.73. The van der Waals surface area contributed by atoms with E-state index in [1.807, 2.05) is 31.2 Å². The highest BCUT2D eigenvalue weighted by molar-refractivity contribution is 7.99. The fourth-order valence-corrected chi connectivity index (χ4v) is 3.35. The van der Waals surface area contributed by atoms with Crippen LogP contribution in [0, 0.1) is 25.5 Å². The molecule has 1 atom stereocenters. The van der Waals surface area contributed by atoms with Crippen molar-refractivity contribution >= 4 is 11.8 Å². The van der Waals surface area contributed by atoms with Crippen molar-refractivity contribution in [2.24, 2.45) is 0 Å². The molecule has 2 rings (SSSR count). The number of halogens is 2. The summed E-state index contributed by atoms with van der Waals surface area (Å²) >= 11 is 1.60. The predicted molar refractivity (Wildman–Crippen MR) is 84.8 cm³/mol. The van der Waals surface area contributed by atoms with Crippen LogP contribution in [0.5, 0.6) is 0 Å². The van der Waals surface area contributed by atoms with Gasteiger partial charge in [-0.25, -0.2) is 8.78 Å². The van der Waals surface area contributed by atoms with Crippen LogP contribution in [-0.2, 0) is 0 Å². The Morgan fingerprint density at radius 3 is 2.43 bits per heavy atom. The van der Waals surface area contributed by atoms with E-state index >= 15 is 0 Å². The lowest BCUT2D eigenvalue weighted by Crippen LogP contribution is -2.22. The van der Waals surface area contributed by atoms with Crippen molar-refractivity contribution < 1.29 is 8.78 Å². The molecule has 1 unspecified atom stereocenters. The third kappa shape index (κ3) is 3.63. The van der Waals surface area contributed by atoms with Gasteiger partial charge in [-0.15, -0.1) is 11.8 Å². The number of thioether (sulfide) groups is 1. The summed E-state index contributed by atoms with van der Waals surface area (Å²) in [6.45, 7) is 3.68. The van der Waals surface area contributed by atoms with Crippen LogP contribution in [0.3, 0.4) is 0 Å². The van der Waals surface area contributed by atoms with Crippen LogP contribution in [0.4, 0.5) is 8.78 Å². The quantitative estimate of drug-likeness (QED) is 0.808. The van der Waals surface area contributed by atoms with Crippen LogP contribution in [0.15, 0.2) is 41.3 Å². The van der Waals surface area contributed by atoms with Crippen LogP contribution in [-0.4, -0.2) is 12.8 Å². The lowest BCUT2D eigenvalue weighted by atomic mass is 10.0. The van der Waals surface area contributed by atoms with Gasteiger partial charge in [0.15, 0.2) is 0 Å². The molecule has 0 amide bonds. The highest BCUT2D eigenvalue weighted by Crippen LogP contribution is 2.30. The molecular formula is C17H19F2NS. The lowest BCUT2D eigenvalue weighted by Gasteiger charge is -2.19. The summed E-state index contributed by atoms with van der Waals surface area (Å²) in [5, 5.41) is 3.02. The van der Waals surface area contributed by atoms with Gasteiger partial charge in [-0.05, 0) is 44.2 Å². The van der Waals surface area contributed by atoms with E-state index in [1.165, 1.54) is 17.7 Å². The van der Waals surface area contributed by atoms with E-state index in [1.54, 1.807) is 25.7 Å². The van der Waals surface area contributed by atoms with E-state index < -0.39 is 11.6 Å². The molecule has 0 aromatic heterocycles. The smallest absolute Gasteiger partial charge is 0.133 e. The monoisotopic (exact) mass is 307 g/mol. The number of nitrogens with one attached hydrogen (secondary N) is 1. The van der Waals surface area contributed by atoms with Gasteiger partial charge in [0, 0.05) is 22.3 Å². The van der Waals surface area contributed by atoms with E-state index in [0.29, 0.717) is 11.3 Å². The third-order valence-electron chi connectivity index (χ3n) is 3.52. The minimum absolute atomic E-state index is 0.124. The average molecular weight is 307 g/mol. The van der Waals surface area contributed by atoms with Crippen molar-refractivity contribution in [1.29, 1.82) is 0 Å². The SMILES string of the molecule is CNC(CSc1ccccc1C)c1c(F)ccc(C)c1F. The summed E-state index contributed by atoms with van der Waals surface area (Å²) in [5.41, 5.74) is 1.76. The first-order valence-electron chi connectivity index (χ1n) is 6.84. The Labute approximate surface area is 128 Å². The van der Waals surface area contributed by atoms with Crippen LogP contribution >= 0.6 is 11.8 Å². The molecule has 2 aromatic rings. The van der Waals surface area contributed by atoms with E-state index in [2.05, 4.69) is 5.32 Å². The van der Waals surface area contributed by atoms with E-state index in [0.717, 1.165) is 4.90 Å². The topological polar surface area (TPSA) is 12.0 Å². The molecule has 0 fully saturated rings. The maximum atomic E-state index is 14.2. The van der Waals surface area contributed by atoms with Crippen molar-refractivity contribution in [3.05, 3.63) is 64.7 Å². The number of hydrogen-bond acceptors (Lipinski definition) is 2. The first kappa shape index (κ1) is 16.0. The normalized spacial score (nSPS) is 12.4. The molecule has 1 N–H and O–H groups in total. The largest absolute Gasteiger partial charge is 0.312 e. The zero-order valence-electron chi connectivity index (χ0n) is 12.4. The number of aryl methyl sites for hydroxylation is 2. The Bertz CT molecular complexity index is 628. The number of hydrogen-bond donors (Lipinski definition) is 1. The molecule has 21 heavy (non-hydrogen) atoms. The van der Waals surface area contributed by atoms with Gasteiger partial charge in [-0.3, -0.25) is 0 Å². The van der Waals surface area contributed by atoms with E-state index in [-0.39, 0.29) is 11.6 Å². The summed E-state index contributed by atoms with van der Waals surface area (Å²) in [5.74, 6) is -0.388. The molecule has 0 radical (unpaired) electrons. The third-order valence-corrected chi connectivity index (χ3v) is 4.78. The lowest BCUT2D eigenvalue weighted by molar-refractivity contribution is 0.509. The number of rotatable bonds is 5. The molecule has 0 saturated heterocycles. The highest BCUT2D eigenvalue weighted by Gasteiger charge is 2.20. The van der Waals surface area contributed by atoms with E-state index in [4.69, 9.17) is 0 Å². The predicted octanol–water partition coefficient (Wildman–Crippen LogP) is 4.63. The Morgan fingerprint density at radius 1 is 1.05 bits per heavy atom. The summed E-state index contributed by atoms with van der Waals surface area (Å²) in [6.07, 6.45) is 0. The summed E-state index contributed by atoms with van der Waals surface area (Å²) in [4.78, 5) is 1.13. The molecular weight excluding hydrogens is 288 g/mol. The Morgan fingerprint density at radius 2 is 1.76 bits per heavy atom. The zero-order chi connectivity index (χ0) is 15.4. The fraction of sp³-hybridized carbons (Fsp3) is 0.294. The molecule has 0 aliphatic carbocycles. The van der Waals surface area contributed by atoms with Crippen molar-refractivity contribution in [2.75, 3.05) is 12.8 Å². The second kappa shape index (κ2) is 7.05. The Hall–Kier alpha value is -1.39. The highest BCUT2D eigenvalue weighted by atomic mass is 32.2. The van der Waals surface area contributed by atoms with Gasteiger partial charge in [-0.2, -0.15) is 0 Å². The summed E-state index contributed by atoms with van der Waals surface area (Å²) < 4.78 is 28.2. The van der Waals surface area contributed by atoms with Crippen LogP contribution in [0.25, 0.3) is 0 Å². The van der Waals surface area contributed by atoms with E-state index in [9.17, 15) is 8.78 Å². The number of benzene rings is 2. The molecule has 0 spiro atoms. The maximum absolute atomic E-state index is 14.2. The van der Waals surface area contributed by atoms with Crippen LogP contribution in [0.2, 0.25) is 0 Å². The molecule has 0 aliphatic rings. The minimum atomic E-state index is -0.497. The molecule has 1 nitrogen and oxygen atoms in total. The van der Waals surface area contributed by atoms with Crippen LogP contribution < -0.4 is 5.32 Å². The van der Waals surface area contributed by atoms with Crippen molar-refractivity contribution in [2.45, 2.75) is 24.8 Å². The molecule has 0 saturated carbocycles. The fourth-order valence-electron chi connectivity index (χ4n) is 2.20. The molecule has 0 bridgehead atoms. The van der Waals surface area contributed by atoms with Gasteiger partial charge >= 0.3 is 0 Å². The molecule has 0 aliphatic heterocycles. The van der Waals surface area contributed by atoms with Crippen molar-refractivity contribution in [3.63, 3.8) is 0 Å². The molecule has 2 aromatic carbocycles. The minimum Gasteiger partial charge on any atom is -0.312 e. The van der Waals surface area contributed by atoms with Gasteiger partial charge in [-0.1, -0.05) is 24.3 Å². The van der Waals surface area contributed by atoms with Gasteiger partial charge in [0.2, 0.25) is 0 Å². The second-order valence-electron chi connectivity index (χ2n) is 5.01. The zero-order valence-corrected chi connectivity index (χ0v) is 13.2. The first-order chi connectivity index (χ1) is 10.0. The standard InChI is InChI=1S/C17H19F2NS/c1-11-6-4-5-7-15(11)21-10-14(20-3)16-13(18)9-8-12(2)17(16)19/h4-9,14,20H,10H2,1-3H3. The summed E-state index contributed by atoms with van der Waals surface area (Å²) in [6, 6.07) is 10.4. The van der Waals surface area contributed by atoms with Crippen molar-refractivity contribution in [3.8, 4) is 0 Å². The molecule has 0 heterocycles. The van der Waals surface area contributed by atoms with Gasteiger partial charge in [0.25, 0.3) is 0 Å². The first-order valence-corrected chi connectivity index (χ1v) is 7.83. The second-order valence-corrected chi connectivity index (χ2v) is 6.07. The van der Waals surface area contributed by atoms with Crippen LogP contribution in [0.1, 0.15) is 22.7 Å². The van der Waals surface area contributed by atoms with Gasteiger partial charge in [0.05, 0.1) is 0 Å². The Kier molecular flexibility index (Phi) is 5.37. The average Bonchev–Trinajstić information content (AvgIpc) is 2.48. The van der Waals surface area contributed by atoms with Crippen molar-refractivity contribution in [1.82, 2.24) is 5.32 Å². The maximum Gasteiger partial charge on any atom is 0.133 e. The van der Waals surface area contributed by atoms with Gasteiger partial charge < -0.3 is 5.32 Å². The molecule has 112 valence electrons. The van der Waals surface area contributed by atoms with Gasteiger partial charge in [0.1, 0.15) is 11.6 Å². The Balaban J connectivity index is 2.22.